The third kappa shape index (κ3) is 4.67. The molecule has 0 aliphatic heterocycles. The van der Waals surface area contributed by atoms with Crippen LogP contribution in [0.15, 0.2) is 24.4 Å². The van der Waals surface area contributed by atoms with E-state index in [1.165, 1.54) is 0 Å². The fraction of sp³-hybridized carbons (Fsp3) is 0.417. The molecule has 0 unspecified atom stereocenters. The van der Waals surface area contributed by atoms with Crippen LogP contribution in [0.4, 0.5) is 0 Å². The number of aryl methyl sites for hydroxylation is 1. The van der Waals surface area contributed by atoms with Crippen LogP contribution in [0.3, 0.4) is 0 Å². The normalized spacial score (nSPS) is 9.83. The molecule has 0 aliphatic carbocycles. The maximum atomic E-state index is 7.50. The van der Waals surface area contributed by atoms with Crippen molar-refractivity contribution in [3.63, 3.8) is 0 Å². The third-order valence-corrected chi connectivity index (χ3v) is 2.77. The van der Waals surface area contributed by atoms with Crippen LogP contribution in [-0.4, -0.2) is 34.0 Å². The molecule has 0 radical (unpaired) electrons. The molecule has 5 nitrogen and oxygen atoms in total. The Bertz CT molecular complexity index is 393. The lowest BCUT2D eigenvalue weighted by atomic mass is 10.2. The van der Waals surface area contributed by atoms with Gasteiger partial charge in [0.05, 0.1) is 0 Å². The Morgan fingerprint density at radius 2 is 2.33 bits per heavy atom. The molecule has 0 atom stereocenters. The van der Waals surface area contributed by atoms with Crippen molar-refractivity contribution in [1.29, 1.82) is 5.41 Å². The molecule has 0 saturated carbocycles. The topological polar surface area (TPSA) is 78.0 Å². The van der Waals surface area contributed by atoms with Crippen molar-refractivity contribution in [2.45, 2.75) is 19.8 Å². The van der Waals surface area contributed by atoms with E-state index >= 15 is 0 Å². The van der Waals surface area contributed by atoms with Crippen LogP contribution in [0.2, 0.25) is 0 Å². The second kappa shape index (κ2) is 7.60. The highest BCUT2D eigenvalue weighted by atomic mass is 32.1. The van der Waals surface area contributed by atoms with Crippen LogP contribution in [-0.2, 0) is 6.42 Å². The van der Waals surface area contributed by atoms with Gasteiger partial charge in [-0.2, -0.15) is 0 Å². The average molecular weight is 265 g/mol. The minimum Gasteiger partial charge on any atom is -0.370 e. The second-order valence-corrected chi connectivity index (χ2v) is 4.18. The van der Waals surface area contributed by atoms with Gasteiger partial charge in [-0.05, 0) is 44.1 Å². The van der Waals surface area contributed by atoms with Crippen LogP contribution in [0, 0.1) is 5.41 Å². The molecule has 0 spiro atoms. The molecular formula is C12H19N5S. The predicted molar refractivity (Wildman–Crippen MR) is 77.5 cm³/mol. The van der Waals surface area contributed by atoms with Crippen LogP contribution in [0.5, 0.6) is 0 Å². The Hall–Kier alpha value is -1.69. The monoisotopic (exact) mass is 265 g/mol. The highest BCUT2D eigenvalue weighted by Crippen LogP contribution is 2.00. The lowest BCUT2D eigenvalue weighted by Crippen LogP contribution is -2.47. The summed E-state index contributed by atoms with van der Waals surface area (Å²) in [5.74, 6) is -0.0260. The number of aromatic nitrogens is 1. The molecule has 0 fully saturated rings. The van der Waals surface area contributed by atoms with Gasteiger partial charge >= 0.3 is 0 Å². The summed E-state index contributed by atoms with van der Waals surface area (Å²) in [5.41, 5.74) is 6.55. The summed E-state index contributed by atoms with van der Waals surface area (Å²) >= 11 is 5.16. The largest absolute Gasteiger partial charge is 0.370 e. The van der Waals surface area contributed by atoms with E-state index in [0.717, 1.165) is 25.1 Å². The summed E-state index contributed by atoms with van der Waals surface area (Å²) in [4.78, 5) is 5.85. The van der Waals surface area contributed by atoms with Gasteiger partial charge in [0.1, 0.15) is 0 Å². The summed E-state index contributed by atoms with van der Waals surface area (Å²) < 4.78 is 0. The summed E-state index contributed by atoms with van der Waals surface area (Å²) in [6, 6.07) is 5.85. The summed E-state index contributed by atoms with van der Waals surface area (Å²) in [7, 11) is 0. The van der Waals surface area contributed by atoms with Gasteiger partial charge < -0.3 is 11.1 Å². The van der Waals surface area contributed by atoms with Gasteiger partial charge in [-0.15, -0.1) is 0 Å². The van der Waals surface area contributed by atoms with E-state index in [-0.39, 0.29) is 5.96 Å². The molecule has 98 valence electrons. The number of thiocarbonyl (C=S) groups is 1. The van der Waals surface area contributed by atoms with Crippen LogP contribution in [0.25, 0.3) is 0 Å². The van der Waals surface area contributed by atoms with Gasteiger partial charge in [-0.3, -0.25) is 15.3 Å². The Morgan fingerprint density at radius 1 is 1.56 bits per heavy atom. The molecule has 0 aliphatic rings. The number of hydrogen-bond donors (Lipinski definition) is 3. The summed E-state index contributed by atoms with van der Waals surface area (Å²) in [5, 5.41) is 11.0. The van der Waals surface area contributed by atoms with Crippen LogP contribution in [0.1, 0.15) is 19.0 Å². The van der Waals surface area contributed by atoms with Crippen molar-refractivity contribution in [3.8, 4) is 0 Å². The first-order chi connectivity index (χ1) is 8.65. The summed E-state index contributed by atoms with van der Waals surface area (Å²) in [6.07, 6.45) is 3.48. The van der Waals surface area contributed by atoms with E-state index in [4.69, 9.17) is 23.4 Å². The number of nitrogens with zero attached hydrogens (tertiary/aromatic N) is 2. The number of rotatable bonds is 5. The molecule has 1 heterocycles. The Morgan fingerprint density at radius 3 is 2.89 bits per heavy atom. The third-order valence-electron chi connectivity index (χ3n) is 2.40. The van der Waals surface area contributed by atoms with E-state index in [0.29, 0.717) is 11.7 Å². The highest BCUT2D eigenvalue weighted by molar-refractivity contribution is 7.80. The number of pyridine rings is 1. The van der Waals surface area contributed by atoms with E-state index in [9.17, 15) is 0 Å². The number of guanidine groups is 1. The average Bonchev–Trinajstić information content (AvgIpc) is 2.35. The van der Waals surface area contributed by atoms with E-state index < -0.39 is 0 Å². The minimum atomic E-state index is -0.0260. The first-order valence-electron chi connectivity index (χ1n) is 5.94. The Balaban J connectivity index is 2.43. The lowest BCUT2D eigenvalue weighted by Gasteiger charge is -2.23. The molecule has 18 heavy (non-hydrogen) atoms. The van der Waals surface area contributed by atoms with Crippen molar-refractivity contribution in [2.24, 2.45) is 5.73 Å². The van der Waals surface area contributed by atoms with Crippen LogP contribution >= 0.6 is 12.2 Å². The molecule has 1 aromatic rings. The highest BCUT2D eigenvalue weighted by Gasteiger charge is 2.11. The molecule has 0 amide bonds. The van der Waals surface area contributed by atoms with Crippen molar-refractivity contribution in [3.05, 3.63) is 30.1 Å². The second-order valence-electron chi connectivity index (χ2n) is 3.80. The molecule has 1 aromatic heterocycles. The zero-order valence-corrected chi connectivity index (χ0v) is 11.3. The Labute approximate surface area is 113 Å². The van der Waals surface area contributed by atoms with E-state index in [1.807, 2.05) is 25.1 Å². The minimum absolute atomic E-state index is 0.0260. The molecule has 4 N–H and O–H groups in total. The molecule has 0 saturated heterocycles. The van der Waals surface area contributed by atoms with Crippen molar-refractivity contribution in [1.82, 2.24) is 15.2 Å². The number of nitrogens with two attached hydrogens (primary N) is 1. The van der Waals surface area contributed by atoms with E-state index in [2.05, 4.69) is 10.3 Å². The quantitative estimate of drug-likeness (QED) is 0.422. The van der Waals surface area contributed by atoms with Gasteiger partial charge in [-0.1, -0.05) is 6.07 Å². The fourth-order valence-corrected chi connectivity index (χ4v) is 1.88. The van der Waals surface area contributed by atoms with Crippen LogP contribution < -0.4 is 11.1 Å². The van der Waals surface area contributed by atoms with E-state index in [1.54, 1.807) is 11.1 Å². The number of hydrogen-bond acceptors (Lipinski definition) is 3. The van der Waals surface area contributed by atoms with Crippen molar-refractivity contribution >= 4 is 23.3 Å². The summed E-state index contributed by atoms with van der Waals surface area (Å²) in [6.45, 7) is 3.30. The Kier molecular flexibility index (Phi) is 6.07. The van der Waals surface area contributed by atoms with Crippen molar-refractivity contribution < 1.29 is 0 Å². The van der Waals surface area contributed by atoms with Gasteiger partial charge in [-0.25, -0.2) is 0 Å². The molecule has 6 heteroatoms. The van der Waals surface area contributed by atoms with Gasteiger partial charge in [0.2, 0.25) is 0 Å². The maximum absolute atomic E-state index is 7.50. The zero-order chi connectivity index (χ0) is 13.4. The maximum Gasteiger partial charge on any atom is 0.194 e. The lowest BCUT2D eigenvalue weighted by molar-refractivity contribution is 0.553. The molecular weight excluding hydrogens is 246 g/mol. The number of nitrogens with one attached hydrogen (secondary N) is 2. The van der Waals surface area contributed by atoms with Crippen molar-refractivity contribution in [2.75, 3.05) is 13.1 Å². The first kappa shape index (κ1) is 14.4. The SMILES string of the molecule is CCNC(=S)N(CCCc1ccccn1)C(=N)N. The first-order valence-corrected chi connectivity index (χ1v) is 6.35. The predicted octanol–water partition coefficient (Wildman–Crippen LogP) is 1.10. The molecule has 0 bridgehead atoms. The molecule has 1 rings (SSSR count). The standard InChI is InChI=1S/C12H19N5S/c1-2-15-12(18)17(11(13)14)9-5-7-10-6-3-4-8-16-10/h3-4,6,8H,2,5,7,9H2,1H3,(H3,13,14)(H,15,18). The van der Waals surface area contributed by atoms with Gasteiger partial charge in [0, 0.05) is 25.0 Å². The molecule has 0 aromatic carbocycles. The smallest absolute Gasteiger partial charge is 0.194 e. The fourth-order valence-electron chi connectivity index (χ4n) is 1.54. The zero-order valence-electron chi connectivity index (χ0n) is 10.5. The van der Waals surface area contributed by atoms with Gasteiger partial charge in [0.15, 0.2) is 11.1 Å². The van der Waals surface area contributed by atoms with Gasteiger partial charge in [0.25, 0.3) is 0 Å².